The SMILES string of the molecule is NC(CS)CN1CCC[C@H]1CN(CC(=O)OC(=O)C(F)(F)F)Cc1cccc2ccccc12. The van der Waals surface area contributed by atoms with E-state index in [0.29, 0.717) is 25.4 Å². The van der Waals surface area contributed by atoms with Gasteiger partial charge in [-0.3, -0.25) is 14.6 Å². The number of esters is 2. The second kappa shape index (κ2) is 11.3. The molecule has 180 valence electrons. The number of rotatable bonds is 9. The van der Waals surface area contributed by atoms with E-state index in [9.17, 15) is 22.8 Å². The zero-order chi connectivity index (χ0) is 24.0. The topological polar surface area (TPSA) is 75.9 Å². The average Bonchev–Trinajstić information content (AvgIpc) is 3.19. The number of nitrogens with zero attached hydrogens (tertiary/aromatic N) is 2. The van der Waals surface area contributed by atoms with Crippen LogP contribution in [-0.4, -0.2) is 71.9 Å². The predicted octanol–water partition coefficient (Wildman–Crippen LogP) is 3.00. The molecule has 0 saturated carbocycles. The van der Waals surface area contributed by atoms with Gasteiger partial charge < -0.3 is 10.5 Å². The van der Waals surface area contributed by atoms with Crippen LogP contribution in [0.1, 0.15) is 18.4 Å². The number of alkyl halides is 3. The second-order valence-corrected chi connectivity index (χ2v) is 8.67. The van der Waals surface area contributed by atoms with Crippen molar-refractivity contribution in [2.45, 2.75) is 37.6 Å². The maximum atomic E-state index is 12.5. The molecule has 2 atom stereocenters. The third-order valence-corrected chi connectivity index (χ3v) is 6.21. The van der Waals surface area contributed by atoms with Gasteiger partial charge in [0.25, 0.3) is 0 Å². The summed E-state index contributed by atoms with van der Waals surface area (Å²) in [6.45, 7) is 1.81. The van der Waals surface area contributed by atoms with Crippen LogP contribution in [0.2, 0.25) is 0 Å². The molecule has 33 heavy (non-hydrogen) atoms. The average molecular weight is 484 g/mol. The van der Waals surface area contributed by atoms with E-state index in [1.54, 1.807) is 4.90 Å². The number of nitrogens with two attached hydrogens (primary N) is 1. The zero-order valence-corrected chi connectivity index (χ0v) is 19.0. The Morgan fingerprint density at radius 3 is 2.67 bits per heavy atom. The first-order valence-electron chi connectivity index (χ1n) is 10.8. The van der Waals surface area contributed by atoms with Gasteiger partial charge in [-0.25, -0.2) is 4.79 Å². The maximum absolute atomic E-state index is 12.5. The fourth-order valence-electron chi connectivity index (χ4n) is 4.23. The molecule has 2 aromatic rings. The maximum Gasteiger partial charge on any atom is 0.491 e. The molecule has 0 aromatic heterocycles. The number of carbonyl (C=O) groups excluding carboxylic acids is 2. The molecule has 0 bridgehead atoms. The van der Waals surface area contributed by atoms with Crippen LogP contribution in [0.25, 0.3) is 10.8 Å². The Labute approximate surface area is 196 Å². The van der Waals surface area contributed by atoms with Crippen molar-refractivity contribution >= 4 is 35.3 Å². The minimum atomic E-state index is -5.22. The van der Waals surface area contributed by atoms with Crippen LogP contribution in [-0.2, 0) is 20.9 Å². The lowest BCUT2D eigenvalue weighted by atomic mass is 10.0. The van der Waals surface area contributed by atoms with E-state index in [0.717, 1.165) is 35.7 Å². The van der Waals surface area contributed by atoms with Gasteiger partial charge in [-0.15, -0.1) is 0 Å². The molecule has 1 saturated heterocycles. The lowest BCUT2D eigenvalue weighted by molar-refractivity contribution is -0.202. The number of thiol groups is 1. The second-order valence-electron chi connectivity index (χ2n) is 8.30. The molecule has 1 fully saturated rings. The summed E-state index contributed by atoms with van der Waals surface area (Å²) in [5, 5.41) is 2.01. The predicted molar refractivity (Wildman–Crippen MR) is 123 cm³/mol. The van der Waals surface area contributed by atoms with Crippen LogP contribution in [0.5, 0.6) is 0 Å². The van der Waals surface area contributed by atoms with Crippen molar-refractivity contribution in [2.24, 2.45) is 5.73 Å². The highest BCUT2D eigenvalue weighted by Gasteiger charge is 2.42. The molecule has 6 nitrogen and oxygen atoms in total. The van der Waals surface area contributed by atoms with Crippen LogP contribution in [0.15, 0.2) is 42.5 Å². The highest BCUT2D eigenvalue weighted by Crippen LogP contribution is 2.23. The quantitative estimate of drug-likeness (QED) is 0.325. The molecule has 1 aliphatic rings. The fraction of sp³-hybridized carbons (Fsp3) is 0.478. The number of halogens is 3. The number of hydrogen-bond donors (Lipinski definition) is 2. The number of hydrogen-bond acceptors (Lipinski definition) is 7. The summed E-state index contributed by atoms with van der Waals surface area (Å²) in [4.78, 5) is 27.3. The Kier molecular flexibility index (Phi) is 8.75. The summed E-state index contributed by atoms with van der Waals surface area (Å²) in [6, 6.07) is 13.5. The summed E-state index contributed by atoms with van der Waals surface area (Å²) in [6.07, 6.45) is -3.38. The first kappa shape index (κ1) is 25.5. The van der Waals surface area contributed by atoms with Crippen molar-refractivity contribution < 1.29 is 27.5 Å². The number of fused-ring (bicyclic) bond motifs is 1. The van der Waals surface area contributed by atoms with Crippen molar-refractivity contribution in [3.05, 3.63) is 48.0 Å². The summed E-state index contributed by atoms with van der Waals surface area (Å²) < 4.78 is 41.7. The van der Waals surface area contributed by atoms with E-state index in [1.807, 2.05) is 42.5 Å². The smallest absolute Gasteiger partial charge is 0.385 e. The van der Waals surface area contributed by atoms with Gasteiger partial charge in [-0.05, 0) is 35.7 Å². The molecule has 1 unspecified atom stereocenters. The van der Waals surface area contributed by atoms with Gasteiger partial charge >= 0.3 is 18.1 Å². The van der Waals surface area contributed by atoms with Crippen molar-refractivity contribution in [3.8, 4) is 0 Å². The molecule has 0 spiro atoms. The molecule has 2 N–H and O–H groups in total. The molecule has 2 aromatic carbocycles. The third kappa shape index (κ3) is 7.17. The minimum Gasteiger partial charge on any atom is -0.385 e. The molecule has 3 rings (SSSR count). The highest BCUT2D eigenvalue weighted by molar-refractivity contribution is 7.80. The standard InChI is InChI=1S/C23H28F3N3O3S/c24-23(25,26)22(31)32-21(30)14-28(13-19-8-4-10-29(19)12-18(27)15-33)11-17-7-3-6-16-5-1-2-9-20(16)17/h1-3,5-7,9,18-19,33H,4,8,10-15,27H2/t18?,19-/m0/s1. The van der Waals surface area contributed by atoms with Gasteiger partial charge in [0.1, 0.15) is 0 Å². The van der Waals surface area contributed by atoms with E-state index in [4.69, 9.17) is 5.73 Å². The van der Waals surface area contributed by atoms with Crippen molar-refractivity contribution in [1.29, 1.82) is 0 Å². The summed E-state index contributed by atoms with van der Waals surface area (Å²) in [7, 11) is 0. The Hall–Kier alpha value is -2.14. The van der Waals surface area contributed by atoms with Crippen LogP contribution in [0, 0.1) is 0 Å². The van der Waals surface area contributed by atoms with Crippen LogP contribution in [0.4, 0.5) is 13.2 Å². The number of benzene rings is 2. The van der Waals surface area contributed by atoms with E-state index < -0.39 is 24.7 Å². The van der Waals surface area contributed by atoms with Crippen molar-refractivity contribution in [3.63, 3.8) is 0 Å². The summed E-state index contributed by atoms with van der Waals surface area (Å²) in [5.74, 6) is -3.19. The lowest BCUT2D eigenvalue weighted by Gasteiger charge is -2.31. The van der Waals surface area contributed by atoms with Gasteiger partial charge in [-0.1, -0.05) is 42.5 Å². The number of carbonyl (C=O) groups is 2. The monoisotopic (exact) mass is 483 g/mol. The Balaban J connectivity index is 1.78. The lowest BCUT2D eigenvalue weighted by Crippen LogP contribution is -2.47. The summed E-state index contributed by atoms with van der Waals surface area (Å²) in [5.41, 5.74) is 6.99. The van der Waals surface area contributed by atoms with Crippen LogP contribution >= 0.6 is 12.6 Å². The Bertz CT molecular complexity index is 967. The van der Waals surface area contributed by atoms with Gasteiger partial charge in [0.2, 0.25) is 0 Å². The first-order chi connectivity index (χ1) is 15.7. The normalized spacial score (nSPS) is 18.1. The van der Waals surface area contributed by atoms with Gasteiger partial charge in [0, 0.05) is 37.5 Å². The van der Waals surface area contributed by atoms with Crippen molar-refractivity contribution in [2.75, 3.05) is 31.9 Å². The van der Waals surface area contributed by atoms with E-state index in [2.05, 4.69) is 22.3 Å². The zero-order valence-electron chi connectivity index (χ0n) is 18.1. The molecule has 1 heterocycles. The van der Waals surface area contributed by atoms with E-state index in [-0.39, 0.29) is 12.1 Å². The first-order valence-corrected chi connectivity index (χ1v) is 11.4. The molecular weight excluding hydrogens is 455 g/mol. The molecule has 0 aliphatic carbocycles. The van der Waals surface area contributed by atoms with Gasteiger partial charge in [-0.2, -0.15) is 25.8 Å². The van der Waals surface area contributed by atoms with Crippen molar-refractivity contribution in [1.82, 2.24) is 9.80 Å². The number of likely N-dealkylation sites (tertiary alicyclic amines) is 1. The van der Waals surface area contributed by atoms with Gasteiger partial charge in [0.05, 0.1) is 6.54 Å². The van der Waals surface area contributed by atoms with E-state index in [1.165, 1.54) is 0 Å². The van der Waals surface area contributed by atoms with Gasteiger partial charge in [0.15, 0.2) is 0 Å². The molecule has 1 aliphatic heterocycles. The molecule has 0 radical (unpaired) electrons. The summed E-state index contributed by atoms with van der Waals surface area (Å²) >= 11 is 4.24. The fourth-order valence-corrected chi connectivity index (χ4v) is 4.35. The van der Waals surface area contributed by atoms with Crippen LogP contribution in [0.3, 0.4) is 0 Å². The molecule has 0 amide bonds. The Morgan fingerprint density at radius 2 is 1.94 bits per heavy atom. The number of ether oxygens (including phenoxy) is 1. The largest absolute Gasteiger partial charge is 0.491 e. The third-order valence-electron chi connectivity index (χ3n) is 5.74. The Morgan fingerprint density at radius 1 is 1.21 bits per heavy atom. The van der Waals surface area contributed by atoms with E-state index >= 15 is 0 Å². The minimum absolute atomic E-state index is 0.0806. The molecular formula is C23H28F3N3O3S. The highest BCUT2D eigenvalue weighted by atomic mass is 32.1. The molecule has 10 heteroatoms. The van der Waals surface area contributed by atoms with Crippen LogP contribution < -0.4 is 5.73 Å².